The standard InChI is InChI=1S/C18H23N3O3S/c22-16(19-12-9-24-14-6-2-1-5-11(12)14)8-4-3-7-15-17-13(10-25-15)20-18(23)21-17/h1-2,5-6,12-13,15,17H,3-4,7-10H2,(H,19,22)(H2,20,21,23). The van der Waals surface area contributed by atoms with Crippen molar-refractivity contribution in [2.45, 2.75) is 49.1 Å². The van der Waals surface area contributed by atoms with Gasteiger partial charge in [0.15, 0.2) is 0 Å². The van der Waals surface area contributed by atoms with Crippen molar-refractivity contribution in [1.29, 1.82) is 0 Å². The summed E-state index contributed by atoms with van der Waals surface area (Å²) in [6.07, 6.45) is 3.45. The van der Waals surface area contributed by atoms with Gasteiger partial charge in [0.05, 0.1) is 18.1 Å². The van der Waals surface area contributed by atoms with Crippen LogP contribution < -0.4 is 20.7 Å². The molecular weight excluding hydrogens is 338 g/mol. The lowest BCUT2D eigenvalue weighted by atomic mass is 10.0. The summed E-state index contributed by atoms with van der Waals surface area (Å²) in [6.45, 7) is 0.513. The lowest BCUT2D eigenvalue weighted by Gasteiger charge is -2.16. The Hall–Kier alpha value is -1.89. The van der Waals surface area contributed by atoms with Crippen molar-refractivity contribution in [3.63, 3.8) is 0 Å². The molecular formula is C18H23N3O3S. The van der Waals surface area contributed by atoms with Crippen LogP contribution in [0.3, 0.4) is 0 Å². The Morgan fingerprint density at radius 3 is 3.08 bits per heavy atom. The van der Waals surface area contributed by atoms with Gasteiger partial charge in [-0.25, -0.2) is 4.79 Å². The fourth-order valence-corrected chi connectivity index (χ4v) is 5.37. The highest BCUT2D eigenvalue weighted by Crippen LogP contribution is 2.33. The predicted molar refractivity (Wildman–Crippen MR) is 96.8 cm³/mol. The molecule has 3 aliphatic heterocycles. The Bertz CT molecular complexity index is 669. The molecule has 0 aliphatic carbocycles. The molecule has 7 heteroatoms. The highest BCUT2D eigenvalue weighted by atomic mass is 32.2. The Morgan fingerprint density at radius 2 is 2.16 bits per heavy atom. The molecule has 134 valence electrons. The number of para-hydroxylation sites is 1. The van der Waals surface area contributed by atoms with Crippen LogP contribution in [0.1, 0.15) is 37.3 Å². The van der Waals surface area contributed by atoms with Gasteiger partial charge in [-0.3, -0.25) is 4.79 Å². The van der Waals surface area contributed by atoms with E-state index in [2.05, 4.69) is 16.0 Å². The topological polar surface area (TPSA) is 79.5 Å². The molecule has 0 spiro atoms. The average molecular weight is 361 g/mol. The molecule has 0 bridgehead atoms. The van der Waals surface area contributed by atoms with Crippen LogP contribution in [-0.4, -0.2) is 41.6 Å². The van der Waals surface area contributed by atoms with Crippen LogP contribution in [0.5, 0.6) is 5.75 Å². The minimum absolute atomic E-state index is 0.0328. The van der Waals surface area contributed by atoms with Gasteiger partial charge >= 0.3 is 6.03 Å². The molecule has 2 fully saturated rings. The zero-order valence-corrected chi connectivity index (χ0v) is 14.8. The van der Waals surface area contributed by atoms with E-state index in [-0.39, 0.29) is 30.1 Å². The molecule has 3 N–H and O–H groups in total. The van der Waals surface area contributed by atoms with Gasteiger partial charge in [0, 0.05) is 23.0 Å². The van der Waals surface area contributed by atoms with Crippen molar-refractivity contribution >= 4 is 23.7 Å². The number of fused-ring (bicyclic) bond motifs is 2. The maximum Gasteiger partial charge on any atom is 0.315 e. The van der Waals surface area contributed by atoms with E-state index in [0.717, 1.165) is 36.3 Å². The van der Waals surface area contributed by atoms with Crippen LogP contribution in [0.15, 0.2) is 24.3 Å². The number of carbonyl (C=O) groups is 2. The van der Waals surface area contributed by atoms with Gasteiger partial charge in [-0.15, -0.1) is 0 Å². The molecule has 4 rings (SSSR count). The lowest BCUT2D eigenvalue weighted by Crippen LogP contribution is -2.36. The minimum Gasteiger partial charge on any atom is -0.491 e. The number of unbranched alkanes of at least 4 members (excludes halogenated alkanes) is 1. The third kappa shape index (κ3) is 3.56. The quantitative estimate of drug-likeness (QED) is 0.535. The Kier molecular flexibility index (Phi) is 4.74. The van der Waals surface area contributed by atoms with Crippen molar-refractivity contribution < 1.29 is 14.3 Å². The van der Waals surface area contributed by atoms with E-state index < -0.39 is 0 Å². The first-order valence-electron chi connectivity index (χ1n) is 8.90. The maximum absolute atomic E-state index is 12.2. The summed E-state index contributed by atoms with van der Waals surface area (Å²) in [6, 6.07) is 8.29. The first-order chi connectivity index (χ1) is 12.2. The second kappa shape index (κ2) is 7.15. The van der Waals surface area contributed by atoms with Crippen LogP contribution >= 0.6 is 11.8 Å². The molecule has 1 aromatic rings. The van der Waals surface area contributed by atoms with Crippen LogP contribution in [0.4, 0.5) is 4.79 Å². The highest BCUT2D eigenvalue weighted by Gasteiger charge is 2.42. The first-order valence-corrected chi connectivity index (χ1v) is 9.95. The Balaban J connectivity index is 1.17. The van der Waals surface area contributed by atoms with Gasteiger partial charge < -0.3 is 20.7 Å². The van der Waals surface area contributed by atoms with Crippen molar-refractivity contribution in [2.24, 2.45) is 0 Å². The molecule has 2 saturated heterocycles. The predicted octanol–water partition coefficient (Wildman–Crippen LogP) is 1.96. The van der Waals surface area contributed by atoms with Gasteiger partial charge in [-0.2, -0.15) is 11.8 Å². The zero-order chi connectivity index (χ0) is 17.2. The molecule has 3 amide bonds. The third-order valence-corrected chi connectivity index (χ3v) is 6.62. The number of ether oxygens (including phenoxy) is 1. The summed E-state index contributed by atoms with van der Waals surface area (Å²) in [5, 5.41) is 9.50. The second-order valence-corrected chi connectivity index (χ2v) is 8.11. The Labute approximate surface area is 151 Å². The van der Waals surface area contributed by atoms with Gasteiger partial charge in [0.2, 0.25) is 5.91 Å². The fourth-order valence-electron chi connectivity index (χ4n) is 3.82. The molecule has 3 heterocycles. The summed E-state index contributed by atoms with van der Waals surface area (Å²) >= 11 is 1.92. The molecule has 4 unspecified atom stereocenters. The molecule has 1 aromatic carbocycles. The smallest absolute Gasteiger partial charge is 0.315 e. The third-order valence-electron chi connectivity index (χ3n) is 5.12. The number of benzene rings is 1. The maximum atomic E-state index is 12.2. The number of nitrogens with one attached hydrogen (secondary N) is 3. The monoisotopic (exact) mass is 361 g/mol. The second-order valence-electron chi connectivity index (χ2n) is 6.84. The normalized spacial score (nSPS) is 29.4. The fraction of sp³-hybridized carbons (Fsp3) is 0.556. The highest BCUT2D eigenvalue weighted by molar-refractivity contribution is 8.00. The van der Waals surface area contributed by atoms with E-state index in [4.69, 9.17) is 4.74 Å². The number of hydrogen-bond donors (Lipinski definition) is 3. The SMILES string of the molecule is O=C(CCCCC1SCC2NC(=O)NC21)NC1COc2ccccc21. The number of rotatable bonds is 6. The van der Waals surface area contributed by atoms with E-state index in [1.807, 2.05) is 36.0 Å². The number of thioether (sulfide) groups is 1. The van der Waals surface area contributed by atoms with E-state index in [1.54, 1.807) is 0 Å². The van der Waals surface area contributed by atoms with Gasteiger partial charge in [0.1, 0.15) is 12.4 Å². The van der Waals surface area contributed by atoms with Gasteiger partial charge in [-0.05, 0) is 18.9 Å². The molecule has 25 heavy (non-hydrogen) atoms. The van der Waals surface area contributed by atoms with Crippen LogP contribution in [-0.2, 0) is 4.79 Å². The molecule has 0 saturated carbocycles. The first kappa shape index (κ1) is 16.6. The largest absolute Gasteiger partial charge is 0.491 e. The van der Waals surface area contributed by atoms with Crippen LogP contribution in [0.2, 0.25) is 0 Å². The Morgan fingerprint density at radius 1 is 1.28 bits per heavy atom. The van der Waals surface area contributed by atoms with Crippen molar-refractivity contribution in [1.82, 2.24) is 16.0 Å². The summed E-state index contributed by atoms with van der Waals surface area (Å²) in [5.74, 6) is 1.93. The molecule has 3 aliphatic rings. The molecule has 6 nitrogen and oxygen atoms in total. The van der Waals surface area contributed by atoms with Gasteiger partial charge in [0.25, 0.3) is 0 Å². The summed E-state index contributed by atoms with van der Waals surface area (Å²) < 4.78 is 5.60. The molecule has 0 aromatic heterocycles. The van der Waals surface area contributed by atoms with E-state index in [9.17, 15) is 9.59 Å². The number of urea groups is 1. The summed E-state index contributed by atoms with van der Waals surface area (Å²) in [5.41, 5.74) is 1.06. The zero-order valence-electron chi connectivity index (χ0n) is 14.0. The minimum atomic E-state index is -0.0428. The van der Waals surface area contributed by atoms with Crippen LogP contribution in [0, 0.1) is 0 Å². The number of amides is 3. The van der Waals surface area contributed by atoms with E-state index in [1.165, 1.54) is 0 Å². The molecule has 0 radical (unpaired) electrons. The van der Waals surface area contributed by atoms with Gasteiger partial charge in [-0.1, -0.05) is 24.6 Å². The van der Waals surface area contributed by atoms with Crippen molar-refractivity contribution in [2.75, 3.05) is 12.4 Å². The van der Waals surface area contributed by atoms with Crippen molar-refractivity contribution in [3.8, 4) is 5.75 Å². The van der Waals surface area contributed by atoms with Crippen molar-refractivity contribution in [3.05, 3.63) is 29.8 Å². The average Bonchev–Trinajstić information content (AvgIpc) is 3.27. The molecule has 4 atom stereocenters. The summed E-state index contributed by atoms with van der Waals surface area (Å²) in [4.78, 5) is 23.6. The lowest BCUT2D eigenvalue weighted by molar-refractivity contribution is -0.122. The van der Waals surface area contributed by atoms with E-state index in [0.29, 0.717) is 18.3 Å². The summed E-state index contributed by atoms with van der Waals surface area (Å²) in [7, 11) is 0. The van der Waals surface area contributed by atoms with Crippen LogP contribution in [0.25, 0.3) is 0 Å². The van der Waals surface area contributed by atoms with E-state index >= 15 is 0 Å². The number of carbonyl (C=O) groups excluding carboxylic acids is 2. The number of hydrogen-bond acceptors (Lipinski definition) is 4.